The minimum Gasteiger partial charge on any atom is -0.497 e. The number of ether oxygens (including phenoxy) is 2. The van der Waals surface area contributed by atoms with Crippen molar-refractivity contribution >= 4 is 0 Å². The third kappa shape index (κ3) is 2.87. The summed E-state index contributed by atoms with van der Waals surface area (Å²) in [6.07, 6.45) is 2.97. The van der Waals surface area contributed by atoms with Crippen LogP contribution in [0.25, 0.3) is 0 Å². The van der Waals surface area contributed by atoms with E-state index in [0.29, 0.717) is 0 Å². The van der Waals surface area contributed by atoms with Crippen molar-refractivity contribution in [3.05, 3.63) is 29.8 Å². The van der Waals surface area contributed by atoms with Crippen molar-refractivity contribution < 1.29 is 14.6 Å². The van der Waals surface area contributed by atoms with Gasteiger partial charge in [0.1, 0.15) is 5.75 Å². The fourth-order valence-corrected chi connectivity index (χ4v) is 3.93. The van der Waals surface area contributed by atoms with Crippen LogP contribution >= 0.6 is 0 Å². The van der Waals surface area contributed by atoms with Gasteiger partial charge in [0.15, 0.2) is 0 Å². The predicted molar refractivity (Wildman–Crippen MR) is 86.0 cm³/mol. The molecule has 122 valence electrons. The Balaban J connectivity index is 1.55. The van der Waals surface area contributed by atoms with Crippen LogP contribution in [0.2, 0.25) is 0 Å². The number of aliphatic hydroxyl groups excluding tert-OH is 1. The van der Waals surface area contributed by atoms with E-state index in [1.807, 2.05) is 19.1 Å². The second-order valence-electron chi connectivity index (χ2n) is 6.55. The third-order valence-electron chi connectivity index (χ3n) is 5.46. The SMILES string of the molecule is CCO[C@@H]1C[C@H](O)C12CCN(Cc1ccc(OC)cc1)CC2. The van der Waals surface area contributed by atoms with Gasteiger partial charge in [-0.25, -0.2) is 0 Å². The van der Waals surface area contributed by atoms with Crippen LogP contribution in [0, 0.1) is 5.41 Å². The number of benzene rings is 1. The number of aliphatic hydroxyl groups is 1. The van der Waals surface area contributed by atoms with Crippen molar-refractivity contribution in [3.8, 4) is 5.75 Å². The molecule has 1 heterocycles. The maximum Gasteiger partial charge on any atom is 0.118 e. The molecule has 2 aliphatic rings. The van der Waals surface area contributed by atoms with Gasteiger partial charge in [0.25, 0.3) is 0 Å². The Kier molecular flexibility index (Phi) is 4.71. The first-order valence-electron chi connectivity index (χ1n) is 8.33. The molecule has 3 rings (SSSR count). The van der Waals surface area contributed by atoms with Gasteiger partial charge in [0, 0.05) is 25.0 Å². The van der Waals surface area contributed by atoms with Gasteiger partial charge < -0.3 is 14.6 Å². The van der Waals surface area contributed by atoms with Gasteiger partial charge in [-0.2, -0.15) is 0 Å². The largest absolute Gasteiger partial charge is 0.497 e. The molecule has 1 saturated carbocycles. The van der Waals surface area contributed by atoms with E-state index in [2.05, 4.69) is 17.0 Å². The summed E-state index contributed by atoms with van der Waals surface area (Å²) < 4.78 is 11.0. The molecule has 4 nitrogen and oxygen atoms in total. The summed E-state index contributed by atoms with van der Waals surface area (Å²) in [5.74, 6) is 0.901. The van der Waals surface area contributed by atoms with E-state index < -0.39 is 0 Å². The summed E-state index contributed by atoms with van der Waals surface area (Å²) in [5, 5.41) is 10.2. The molecule has 2 fully saturated rings. The molecule has 4 heteroatoms. The van der Waals surface area contributed by atoms with Gasteiger partial charge in [-0.05, 0) is 50.6 Å². The van der Waals surface area contributed by atoms with Crippen molar-refractivity contribution in [2.45, 2.75) is 44.9 Å². The molecular weight excluding hydrogens is 278 g/mol. The smallest absolute Gasteiger partial charge is 0.118 e. The molecule has 1 spiro atoms. The van der Waals surface area contributed by atoms with Gasteiger partial charge in [0.05, 0.1) is 19.3 Å². The lowest BCUT2D eigenvalue weighted by Crippen LogP contribution is -2.62. The molecule has 1 aromatic rings. The van der Waals surface area contributed by atoms with E-state index in [-0.39, 0.29) is 17.6 Å². The highest BCUT2D eigenvalue weighted by Gasteiger charge is 2.55. The maximum absolute atomic E-state index is 10.2. The number of piperidine rings is 1. The van der Waals surface area contributed by atoms with Crippen LogP contribution in [0.1, 0.15) is 31.7 Å². The number of nitrogens with zero attached hydrogens (tertiary/aromatic N) is 1. The van der Waals surface area contributed by atoms with Crippen LogP contribution in [0.3, 0.4) is 0 Å². The zero-order valence-electron chi connectivity index (χ0n) is 13.6. The summed E-state index contributed by atoms with van der Waals surface area (Å²) in [7, 11) is 1.69. The molecule has 1 aliphatic carbocycles. The van der Waals surface area contributed by atoms with E-state index in [1.54, 1.807) is 7.11 Å². The van der Waals surface area contributed by atoms with Gasteiger partial charge in [-0.1, -0.05) is 12.1 Å². The monoisotopic (exact) mass is 305 g/mol. The Morgan fingerprint density at radius 3 is 2.45 bits per heavy atom. The van der Waals surface area contributed by atoms with Crippen LogP contribution in [0.5, 0.6) is 5.75 Å². The summed E-state index contributed by atoms with van der Waals surface area (Å²) >= 11 is 0. The molecule has 0 radical (unpaired) electrons. The second kappa shape index (κ2) is 6.57. The average Bonchev–Trinajstić information content (AvgIpc) is 2.56. The molecule has 1 N–H and O–H groups in total. The maximum atomic E-state index is 10.2. The fraction of sp³-hybridized carbons (Fsp3) is 0.667. The quantitative estimate of drug-likeness (QED) is 0.907. The summed E-state index contributed by atoms with van der Waals surface area (Å²) in [6.45, 7) is 5.82. The van der Waals surface area contributed by atoms with Crippen molar-refractivity contribution in [2.24, 2.45) is 5.41 Å². The summed E-state index contributed by atoms with van der Waals surface area (Å²) in [4.78, 5) is 2.47. The van der Waals surface area contributed by atoms with Crippen molar-refractivity contribution in [2.75, 3.05) is 26.8 Å². The minimum absolute atomic E-state index is 0.0203. The normalized spacial score (nSPS) is 27.6. The van der Waals surface area contributed by atoms with Crippen LogP contribution in [-0.2, 0) is 11.3 Å². The first kappa shape index (κ1) is 15.8. The van der Waals surface area contributed by atoms with Crippen LogP contribution < -0.4 is 4.74 Å². The van der Waals surface area contributed by atoms with E-state index in [9.17, 15) is 5.11 Å². The van der Waals surface area contributed by atoms with Crippen molar-refractivity contribution in [1.29, 1.82) is 0 Å². The molecule has 0 unspecified atom stereocenters. The Morgan fingerprint density at radius 1 is 1.23 bits per heavy atom. The average molecular weight is 305 g/mol. The number of hydrogen-bond donors (Lipinski definition) is 1. The fourth-order valence-electron chi connectivity index (χ4n) is 3.93. The Labute approximate surface area is 133 Å². The van der Waals surface area contributed by atoms with Gasteiger partial charge in [0.2, 0.25) is 0 Å². The van der Waals surface area contributed by atoms with Crippen LogP contribution in [-0.4, -0.2) is 49.0 Å². The molecule has 0 amide bonds. The first-order valence-corrected chi connectivity index (χ1v) is 8.33. The highest BCUT2D eigenvalue weighted by atomic mass is 16.5. The molecule has 1 saturated heterocycles. The second-order valence-corrected chi connectivity index (χ2v) is 6.55. The lowest BCUT2D eigenvalue weighted by molar-refractivity contribution is -0.209. The summed E-state index contributed by atoms with van der Waals surface area (Å²) in [6, 6.07) is 8.29. The number of methoxy groups -OCH3 is 1. The first-order chi connectivity index (χ1) is 10.7. The van der Waals surface area contributed by atoms with Gasteiger partial charge in [-0.3, -0.25) is 4.90 Å². The Bertz CT molecular complexity index is 478. The zero-order chi connectivity index (χ0) is 15.6. The van der Waals surface area contributed by atoms with Gasteiger partial charge >= 0.3 is 0 Å². The molecule has 0 aromatic heterocycles. The molecule has 22 heavy (non-hydrogen) atoms. The van der Waals surface area contributed by atoms with Gasteiger partial charge in [-0.15, -0.1) is 0 Å². The molecule has 0 bridgehead atoms. The van der Waals surface area contributed by atoms with Crippen LogP contribution in [0.4, 0.5) is 0 Å². The van der Waals surface area contributed by atoms with Crippen LogP contribution in [0.15, 0.2) is 24.3 Å². The molecule has 2 atom stereocenters. The number of rotatable bonds is 5. The highest BCUT2D eigenvalue weighted by molar-refractivity contribution is 5.27. The van der Waals surface area contributed by atoms with E-state index in [1.165, 1.54) is 5.56 Å². The molecule has 1 aromatic carbocycles. The third-order valence-corrected chi connectivity index (χ3v) is 5.46. The van der Waals surface area contributed by atoms with Crippen molar-refractivity contribution in [3.63, 3.8) is 0 Å². The van der Waals surface area contributed by atoms with E-state index in [0.717, 1.165) is 51.3 Å². The Hall–Kier alpha value is -1.10. The minimum atomic E-state index is -0.174. The van der Waals surface area contributed by atoms with E-state index in [4.69, 9.17) is 9.47 Å². The zero-order valence-corrected chi connectivity index (χ0v) is 13.6. The highest BCUT2D eigenvalue weighted by Crippen LogP contribution is 2.51. The topological polar surface area (TPSA) is 41.9 Å². The lowest BCUT2D eigenvalue weighted by atomic mass is 9.58. The standard InChI is InChI=1S/C18H27NO3/c1-3-22-17-12-16(20)18(17)8-10-19(11-9-18)13-14-4-6-15(21-2)7-5-14/h4-7,16-17,20H,3,8-13H2,1-2H3/t16-,17+/m0/s1. The summed E-state index contributed by atoms with van der Waals surface area (Å²) in [5.41, 5.74) is 1.33. The predicted octanol–water partition coefficient (Wildman–Crippen LogP) is 2.45. The lowest BCUT2D eigenvalue weighted by Gasteiger charge is -2.56. The van der Waals surface area contributed by atoms with Crippen molar-refractivity contribution in [1.82, 2.24) is 4.90 Å². The number of likely N-dealkylation sites (tertiary alicyclic amines) is 1. The van der Waals surface area contributed by atoms with E-state index >= 15 is 0 Å². The molecule has 1 aliphatic heterocycles. The Morgan fingerprint density at radius 2 is 1.91 bits per heavy atom. The molecular formula is C18H27NO3. The number of hydrogen-bond acceptors (Lipinski definition) is 4.